The molecule has 0 radical (unpaired) electrons. The third-order valence-electron chi connectivity index (χ3n) is 3.63. The minimum atomic E-state index is -0.228. The highest BCUT2D eigenvalue weighted by atomic mass is 16.3. The first kappa shape index (κ1) is 12.5. The van der Waals surface area contributed by atoms with Crippen LogP contribution in [0.25, 0.3) is 0 Å². The Labute approximate surface area is 116 Å². The lowest BCUT2D eigenvalue weighted by Crippen LogP contribution is -2.23. The van der Waals surface area contributed by atoms with Crippen molar-refractivity contribution in [1.29, 1.82) is 0 Å². The molecule has 0 fully saturated rings. The number of nitrogens with one attached hydrogen (secondary N) is 1. The maximum atomic E-state index is 11.8. The first-order valence-electron chi connectivity index (χ1n) is 6.47. The van der Waals surface area contributed by atoms with Crippen LogP contribution in [0.2, 0.25) is 0 Å². The van der Waals surface area contributed by atoms with Gasteiger partial charge in [-0.25, -0.2) is 0 Å². The number of carbonyl (C=O) groups excluding carboxylic acids is 1. The molecule has 1 unspecified atom stereocenters. The normalized spacial score (nSPS) is 17.4. The van der Waals surface area contributed by atoms with Crippen molar-refractivity contribution in [2.75, 3.05) is 5.32 Å². The first-order valence-corrected chi connectivity index (χ1v) is 6.47. The van der Waals surface area contributed by atoms with Crippen LogP contribution < -0.4 is 5.32 Å². The summed E-state index contributed by atoms with van der Waals surface area (Å²) < 4.78 is 0. The van der Waals surface area contributed by atoms with Gasteiger partial charge in [0.05, 0.1) is 0 Å². The van der Waals surface area contributed by atoms with Crippen LogP contribution >= 0.6 is 0 Å². The summed E-state index contributed by atoms with van der Waals surface area (Å²) in [5, 5.41) is 22.0. The molecule has 20 heavy (non-hydrogen) atoms. The lowest BCUT2D eigenvalue weighted by atomic mass is 9.84. The average molecular weight is 269 g/mol. The summed E-state index contributed by atoms with van der Waals surface area (Å²) in [6, 6.07) is 10.9. The topological polar surface area (TPSA) is 69.6 Å². The molecular weight excluding hydrogens is 254 g/mol. The van der Waals surface area contributed by atoms with E-state index < -0.39 is 0 Å². The number of aromatic hydroxyl groups is 2. The Morgan fingerprint density at radius 1 is 1.15 bits per heavy atom. The molecular formula is C16H15NO3. The number of benzene rings is 2. The number of amides is 1. The fraction of sp³-hybridized carbons (Fsp3) is 0.188. The van der Waals surface area contributed by atoms with E-state index in [0.717, 1.165) is 16.7 Å². The number of phenols is 2. The minimum absolute atomic E-state index is 0.0888. The molecule has 0 spiro atoms. The van der Waals surface area contributed by atoms with E-state index in [1.807, 2.05) is 31.2 Å². The number of fused-ring (bicyclic) bond motifs is 1. The Morgan fingerprint density at radius 3 is 2.65 bits per heavy atom. The van der Waals surface area contributed by atoms with Gasteiger partial charge in [-0.3, -0.25) is 4.79 Å². The van der Waals surface area contributed by atoms with E-state index in [4.69, 9.17) is 0 Å². The Bertz CT molecular complexity index is 694. The molecule has 2 aromatic rings. The summed E-state index contributed by atoms with van der Waals surface area (Å²) in [7, 11) is 0. The molecule has 0 bridgehead atoms. The number of aryl methyl sites for hydroxylation is 1. The third-order valence-corrected chi connectivity index (χ3v) is 3.63. The van der Waals surface area contributed by atoms with E-state index in [2.05, 4.69) is 5.32 Å². The summed E-state index contributed by atoms with van der Waals surface area (Å²) in [6.45, 7) is 2.00. The summed E-state index contributed by atoms with van der Waals surface area (Å²) in [5.74, 6) is -0.592. The second-order valence-electron chi connectivity index (χ2n) is 5.15. The lowest BCUT2D eigenvalue weighted by Gasteiger charge is -2.26. The van der Waals surface area contributed by atoms with Gasteiger partial charge >= 0.3 is 0 Å². The predicted octanol–water partition coefficient (Wildman–Crippen LogP) is 2.88. The number of hydrogen-bond donors (Lipinski definition) is 3. The molecule has 0 aliphatic carbocycles. The molecule has 1 aliphatic rings. The van der Waals surface area contributed by atoms with Crippen LogP contribution in [0.15, 0.2) is 36.4 Å². The van der Waals surface area contributed by atoms with Gasteiger partial charge < -0.3 is 15.5 Å². The van der Waals surface area contributed by atoms with Gasteiger partial charge in [0.25, 0.3) is 0 Å². The van der Waals surface area contributed by atoms with Crippen LogP contribution in [0.5, 0.6) is 11.5 Å². The zero-order chi connectivity index (χ0) is 14.3. The smallest absolute Gasteiger partial charge is 0.225 e. The van der Waals surface area contributed by atoms with Crippen LogP contribution in [0.4, 0.5) is 5.69 Å². The van der Waals surface area contributed by atoms with E-state index in [9.17, 15) is 15.0 Å². The number of anilines is 1. The van der Waals surface area contributed by atoms with E-state index in [0.29, 0.717) is 12.1 Å². The average Bonchev–Trinajstić information content (AvgIpc) is 2.40. The van der Waals surface area contributed by atoms with Crippen LogP contribution in [0, 0.1) is 6.92 Å². The highest BCUT2D eigenvalue weighted by molar-refractivity contribution is 5.95. The summed E-state index contributed by atoms with van der Waals surface area (Å²) >= 11 is 0. The highest BCUT2D eigenvalue weighted by Crippen LogP contribution is 2.42. The summed E-state index contributed by atoms with van der Waals surface area (Å²) in [6.07, 6.45) is 0.334. The second-order valence-corrected chi connectivity index (χ2v) is 5.15. The molecule has 1 aliphatic heterocycles. The molecule has 3 N–H and O–H groups in total. The van der Waals surface area contributed by atoms with Gasteiger partial charge in [-0.2, -0.15) is 0 Å². The molecule has 102 valence electrons. The SMILES string of the molecule is Cc1cccc(C2CC(=O)Nc3cc(O)c(O)cc32)c1. The van der Waals surface area contributed by atoms with E-state index in [-0.39, 0.29) is 23.3 Å². The van der Waals surface area contributed by atoms with Crippen molar-refractivity contribution < 1.29 is 15.0 Å². The van der Waals surface area contributed by atoms with Crippen LogP contribution in [0.3, 0.4) is 0 Å². The fourth-order valence-corrected chi connectivity index (χ4v) is 2.67. The van der Waals surface area contributed by atoms with E-state index in [1.165, 1.54) is 12.1 Å². The van der Waals surface area contributed by atoms with Gasteiger partial charge in [-0.05, 0) is 24.1 Å². The van der Waals surface area contributed by atoms with Gasteiger partial charge in [0.2, 0.25) is 5.91 Å². The Morgan fingerprint density at radius 2 is 1.90 bits per heavy atom. The number of phenolic OH excluding ortho intramolecular Hbond substituents is 2. The molecule has 2 aromatic carbocycles. The monoisotopic (exact) mass is 269 g/mol. The zero-order valence-electron chi connectivity index (χ0n) is 11.1. The minimum Gasteiger partial charge on any atom is -0.504 e. The largest absolute Gasteiger partial charge is 0.504 e. The number of hydrogen-bond acceptors (Lipinski definition) is 3. The maximum Gasteiger partial charge on any atom is 0.225 e. The lowest BCUT2D eigenvalue weighted by molar-refractivity contribution is -0.116. The molecule has 3 rings (SSSR count). The Balaban J connectivity index is 2.14. The standard InChI is InChI=1S/C16H15NO3/c1-9-3-2-4-10(5-9)11-7-16(20)17-13-8-15(19)14(18)6-12(11)13/h2-6,8,11,18-19H,7H2,1H3,(H,17,20). The van der Waals surface area contributed by atoms with E-state index >= 15 is 0 Å². The quantitative estimate of drug-likeness (QED) is 0.550. The molecule has 4 heteroatoms. The van der Waals surface area contributed by atoms with Gasteiger partial charge in [0, 0.05) is 24.1 Å². The van der Waals surface area contributed by atoms with Crippen molar-refractivity contribution in [3.05, 3.63) is 53.1 Å². The summed E-state index contributed by atoms with van der Waals surface area (Å²) in [5.41, 5.74) is 3.54. The van der Waals surface area contributed by atoms with Crippen molar-refractivity contribution in [1.82, 2.24) is 0 Å². The van der Waals surface area contributed by atoms with Gasteiger partial charge in [-0.15, -0.1) is 0 Å². The third kappa shape index (κ3) is 2.09. The van der Waals surface area contributed by atoms with Crippen molar-refractivity contribution in [3.63, 3.8) is 0 Å². The Kier molecular flexibility index (Phi) is 2.86. The van der Waals surface area contributed by atoms with Crippen LogP contribution in [-0.4, -0.2) is 16.1 Å². The first-order chi connectivity index (χ1) is 9.54. The van der Waals surface area contributed by atoms with Gasteiger partial charge in [0.1, 0.15) is 0 Å². The molecule has 0 saturated heterocycles. The molecule has 0 saturated carbocycles. The van der Waals surface area contributed by atoms with Crippen molar-refractivity contribution in [2.24, 2.45) is 0 Å². The zero-order valence-corrected chi connectivity index (χ0v) is 11.1. The molecule has 0 aromatic heterocycles. The molecule has 4 nitrogen and oxygen atoms in total. The van der Waals surface area contributed by atoms with Crippen molar-refractivity contribution in [2.45, 2.75) is 19.3 Å². The highest BCUT2D eigenvalue weighted by Gasteiger charge is 2.27. The molecule has 1 amide bonds. The number of carbonyl (C=O) groups is 1. The van der Waals surface area contributed by atoms with Crippen LogP contribution in [0.1, 0.15) is 29.0 Å². The predicted molar refractivity (Wildman–Crippen MR) is 76.0 cm³/mol. The van der Waals surface area contributed by atoms with Gasteiger partial charge in [-0.1, -0.05) is 29.8 Å². The summed E-state index contributed by atoms with van der Waals surface area (Å²) in [4.78, 5) is 11.8. The van der Waals surface area contributed by atoms with E-state index in [1.54, 1.807) is 0 Å². The maximum absolute atomic E-state index is 11.8. The second kappa shape index (κ2) is 4.56. The van der Waals surface area contributed by atoms with Crippen molar-refractivity contribution >= 4 is 11.6 Å². The number of rotatable bonds is 1. The van der Waals surface area contributed by atoms with Crippen molar-refractivity contribution in [3.8, 4) is 11.5 Å². The molecule has 1 heterocycles. The molecule has 1 atom stereocenters. The van der Waals surface area contributed by atoms with Crippen LogP contribution in [-0.2, 0) is 4.79 Å². The fourth-order valence-electron chi connectivity index (χ4n) is 2.67. The van der Waals surface area contributed by atoms with Gasteiger partial charge in [0.15, 0.2) is 11.5 Å². The Hall–Kier alpha value is -2.49.